The van der Waals surface area contributed by atoms with Gasteiger partial charge in [0.15, 0.2) is 0 Å². The van der Waals surface area contributed by atoms with Crippen LogP contribution in [-0.4, -0.2) is 11.0 Å². The van der Waals surface area contributed by atoms with E-state index in [9.17, 15) is 10.1 Å². The van der Waals surface area contributed by atoms with Gasteiger partial charge in [-0.3, -0.25) is 10.1 Å². The van der Waals surface area contributed by atoms with Gasteiger partial charge >= 0.3 is 0 Å². The lowest BCUT2D eigenvalue weighted by molar-refractivity contribution is -0.385. The van der Waals surface area contributed by atoms with Gasteiger partial charge in [-0.15, -0.1) is 0 Å². The Labute approximate surface area is 120 Å². The van der Waals surface area contributed by atoms with Crippen molar-refractivity contribution >= 4 is 11.4 Å². The second-order valence-electron chi connectivity index (χ2n) is 5.91. The summed E-state index contributed by atoms with van der Waals surface area (Å²) in [7, 11) is 0. The van der Waals surface area contributed by atoms with E-state index in [4.69, 9.17) is 0 Å². The van der Waals surface area contributed by atoms with Gasteiger partial charge in [0.1, 0.15) is 0 Å². The number of nitrogens with one attached hydrogen (secondary N) is 1. The SMILES string of the molecule is CCCC1CCC(Nc2ccc([N+](=O)[O-])c(C)c2)CC1. The van der Waals surface area contributed by atoms with Gasteiger partial charge in [0.2, 0.25) is 0 Å². The zero-order valence-corrected chi connectivity index (χ0v) is 12.4. The minimum Gasteiger partial charge on any atom is -0.382 e. The molecule has 1 fully saturated rings. The molecule has 1 aromatic carbocycles. The van der Waals surface area contributed by atoms with Crippen LogP contribution >= 0.6 is 0 Å². The molecule has 2 rings (SSSR count). The number of nitro groups is 1. The lowest BCUT2D eigenvalue weighted by atomic mass is 9.83. The first kappa shape index (κ1) is 14.8. The molecular formula is C16H24N2O2. The third-order valence-corrected chi connectivity index (χ3v) is 4.31. The van der Waals surface area contributed by atoms with Gasteiger partial charge in [-0.1, -0.05) is 19.8 Å². The summed E-state index contributed by atoms with van der Waals surface area (Å²) in [6.07, 6.45) is 7.66. The Kier molecular flexibility index (Phi) is 4.99. The van der Waals surface area contributed by atoms with Crippen LogP contribution in [0.15, 0.2) is 18.2 Å². The Morgan fingerprint density at radius 1 is 1.30 bits per heavy atom. The van der Waals surface area contributed by atoms with Crippen molar-refractivity contribution in [1.82, 2.24) is 0 Å². The minimum absolute atomic E-state index is 0.196. The second-order valence-corrected chi connectivity index (χ2v) is 5.91. The normalized spacial score (nSPS) is 22.5. The van der Waals surface area contributed by atoms with Crippen molar-refractivity contribution in [2.24, 2.45) is 5.92 Å². The van der Waals surface area contributed by atoms with Crippen molar-refractivity contribution < 1.29 is 4.92 Å². The number of hydrogen-bond donors (Lipinski definition) is 1. The summed E-state index contributed by atoms with van der Waals surface area (Å²) in [6.45, 7) is 4.05. The van der Waals surface area contributed by atoms with Gasteiger partial charge in [-0.25, -0.2) is 0 Å². The average Bonchev–Trinajstić information content (AvgIpc) is 2.41. The topological polar surface area (TPSA) is 55.2 Å². The zero-order valence-electron chi connectivity index (χ0n) is 12.4. The monoisotopic (exact) mass is 276 g/mol. The molecule has 0 bridgehead atoms. The third kappa shape index (κ3) is 3.71. The molecule has 0 spiro atoms. The van der Waals surface area contributed by atoms with Crippen molar-refractivity contribution in [2.75, 3.05) is 5.32 Å². The first-order valence-corrected chi connectivity index (χ1v) is 7.61. The van der Waals surface area contributed by atoms with Crippen LogP contribution in [0.2, 0.25) is 0 Å². The molecule has 110 valence electrons. The fourth-order valence-corrected chi connectivity index (χ4v) is 3.19. The molecule has 1 saturated carbocycles. The van der Waals surface area contributed by atoms with Crippen LogP contribution in [0.5, 0.6) is 0 Å². The largest absolute Gasteiger partial charge is 0.382 e. The molecule has 0 atom stereocenters. The van der Waals surface area contributed by atoms with Crippen LogP contribution in [0.25, 0.3) is 0 Å². The molecule has 1 aromatic rings. The average molecular weight is 276 g/mol. The van der Waals surface area contributed by atoms with Gasteiger partial charge < -0.3 is 5.32 Å². The van der Waals surface area contributed by atoms with Gasteiger partial charge in [0.25, 0.3) is 5.69 Å². The number of hydrogen-bond acceptors (Lipinski definition) is 3. The quantitative estimate of drug-likeness (QED) is 0.628. The van der Waals surface area contributed by atoms with E-state index in [1.165, 1.54) is 38.5 Å². The molecule has 1 N–H and O–H groups in total. The highest BCUT2D eigenvalue weighted by atomic mass is 16.6. The number of benzene rings is 1. The van der Waals surface area contributed by atoms with Crippen LogP contribution in [-0.2, 0) is 0 Å². The maximum Gasteiger partial charge on any atom is 0.272 e. The van der Waals surface area contributed by atoms with Crippen LogP contribution in [0.1, 0.15) is 51.0 Å². The van der Waals surface area contributed by atoms with Gasteiger partial charge in [-0.2, -0.15) is 0 Å². The Morgan fingerprint density at radius 2 is 2.00 bits per heavy atom. The van der Waals surface area contributed by atoms with E-state index in [-0.39, 0.29) is 10.6 Å². The van der Waals surface area contributed by atoms with Gasteiger partial charge in [-0.05, 0) is 50.7 Å². The molecule has 0 saturated heterocycles. The molecule has 0 amide bonds. The van der Waals surface area contributed by atoms with Crippen molar-refractivity contribution in [2.45, 2.75) is 58.4 Å². The van der Waals surface area contributed by atoms with Crippen LogP contribution < -0.4 is 5.32 Å². The van der Waals surface area contributed by atoms with E-state index in [0.717, 1.165) is 17.2 Å². The predicted octanol–water partition coefficient (Wildman–Crippen LogP) is 4.67. The number of nitrogens with zero attached hydrogens (tertiary/aromatic N) is 1. The molecule has 0 unspecified atom stereocenters. The maximum absolute atomic E-state index is 10.8. The summed E-state index contributed by atoms with van der Waals surface area (Å²) < 4.78 is 0. The molecule has 1 aliphatic carbocycles. The smallest absolute Gasteiger partial charge is 0.272 e. The summed E-state index contributed by atoms with van der Waals surface area (Å²) in [5.74, 6) is 0.900. The molecular weight excluding hydrogens is 252 g/mol. The molecule has 1 aliphatic rings. The third-order valence-electron chi connectivity index (χ3n) is 4.31. The molecule has 20 heavy (non-hydrogen) atoms. The number of nitro benzene ring substituents is 1. The first-order valence-electron chi connectivity index (χ1n) is 7.61. The van der Waals surface area contributed by atoms with Gasteiger partial charge in [0, 0.05) is 23.4 Å². The summed E-state index contributed by atoms with van der Waals surface area (Å²) in [5, 5.41) is 14.3. The van der Waals surface area contributed by atoms with Crippen molar-refractivity contribution in [1.29, 1.82) is 0 Å². The lowest BCUT2D eigenvalue weighted by Crippen LogP contribution is -2.26. The van der Waals surface area contributed by atoms with E-state index in [1.54, 1.807) is 13.0 Å². The summed E-state index contributed by atoms with van der Waals surface area (Å²) in [4.78, 5) is 10.5. The summed E-state index contributed by atoms with van der Waals surface area (Å²) in [5.41, 5.74) is 1.92. The van der Waals surface area contributed by atoms with E-state index < -0.39 is 0 Å². The first-order chi connectivity index (χ1) is 9.60. The molecule has 0 radical (unpaired) electrons. The van der Waals surface area contributed by atoms with Crippen LogP contribution in [0.3, 0.4) is 0 Å². The maximum atomic E-state index is 10.8. The van der Waals surface area contributed by atoms with Crippen molar-refractivity contribution in [3.63, 3.8) is 0 Å². The minimum atomic E-state index is -0.324. The standard InChI is InChI=1S/C16H24N2O2/c1-3-4-13-5-7-14(8-6-13)17-15-9-10-16(18(19)20)12(2)11-15/h9-11,13-14,17H,3-8H2,1-2H3. The summed E-state index contributed by atoms with van der Waals surface area (Å²) in [6, 6.07) is 5.82. The Bertz CT molecular complexity index is 466. The predicted molar refractivity (Wildman–Crippen MR) is 82.1 cm³/mol. The van der Waals surface area contributed by atoms with E-state index in [1.807, 2.05) is 12.1 Å². The Morgan fingerprint density at radius 3 is 2.55 bits per heavy atom. The van der Waals surface area contributed by atoms with Crippen molar-refractivity contribution in [3.8, 4) is 0 Å². The van der Waals surface area contributed by atoms with Crippen LogP contribution in [0.4, 0.5) is 11.4 Å². The lowest BCUT2D eigenvalue weighted by Gasteiger charge is -2.29. The highest BCUT2D eigenvalue weighted by molar-refractivity contribution is 5.54. The molecule has 0 aliphatic heterocycles. The second kappa shape index (κ2) is 6.73. The summed E-state index contributed by atoms with van der Waals surface area (Å²) >= 11 is 0. The van der Waals surface area contributed by atoms with Crippen LogP contribution in [0, 0.1) is 23.0 Å². The molecule has 4 heteroatoms. The molecule has 0 aromatic heterocycles. The molecule has 0 heterocycles. The zero-order chi connectivity index (χ0) is 14.5. The van der Waals surface area contributed by atoms with E-state index in [0.29, 0.717) is 6.04 Å². The number of aryl methyl sites for hydroxylation is 1. The van der Waals surface area contributed by atoms with E-state index >= 15 is 0 Å². The highest BCUT2D eigenvalue weighted by Gasteiger charge is 2.20. The highest BCUT2D eigenvalue weighted by Crippen LogP contribution is 2.30. The van der Waals surface area contributed by atoms with E-state index in [2.05, 4.69) is 12.2 Å². The van der Waals surface area contributed by atoms with Crippen molar-refractivity contribution in [3.05, 3.63) is 33.9 Å². The fraction of sp³-hybridized carbons (Fsp3) is 0.625. The van der Waals surface area contributed by atoms with Gasteiger partial charge in [0.05, 0.1) is 4.92 Å². The molecule has 4 nitrogen and oxygen atoms in total. The number of anilines is 1. The Hall–Kier alpha value is -1.58. The fourth-order valence-electron chi connectivity index (χ4n) is 3.19. The Balaban J connectivity index is 1.91. The number of rotatable bonds is 5.